The van der Waals surface area contributed by atoms with Crippen LogP contribution in [0.5, 0.6) is 0 Å². The van der Waals surface area contributed by atoms with Crippen molar-refractivity contribution in [3.8, 4) is 0 Å². The lowest BCUT2D eigenvalue weighted by molar-refractivity contribution is 0.761. The summed E-state index contributed by atoms with van der Waals surface area (Å²) in [5, 5.41) is 1.17. The van der Waals surface area contributed by atoms with Gasteiger partial charge in [0.1, 0.15) is 0 Å². The van der Waals surface area contributed by atoms with Crippen LogP contribution >= 0.6 is 11.8 Å². The van der Waals surface area contributed by atoms with Crippen molar-refractivity contribution >= 4 is 11.8 Å². The van der Waals surface area contributed by atoms with Gasteiger partial charge in [0.25, 0.3) is 5.56 Å². The van der Waals surface area contributed by atoms with Crippen LogP contribution < -0.4 is 5.56 Å². The van der Waals surface area contributed by atoms with Gasteiger partial charge in [0.15, 0.2) is 5.16 Å². The van der Waals surface area contributed by atoms with E-state index in [1.165, 1.54) is 5.56 Å². The minimum absolute atomic E-state index is 0.00161. The summed E-state index contributed by atoms with van der Waals surface area (Å²) in [6, 6.07) is 10.2. The Balaban J connectivity index is 2.41. The maximum absolute atomic E-state index is 12.5. The molecule has 0 spiro atoms. The van der Waals surface area contributed by atoms with Gasteiger partial charge in [0.05, 0.1) is 5.69 Å². The molecular weight excluding hydrogens is 292 g/mol. The summed E-state index contributed by atoms with van der Waals surface area (Å²) in [5.41, 5.74) is 2.89. The first-order valence-corrected chi connectivity index (χ1v) is 8.72. The van der Waals surface area contributed by atoms with E-state index in [1.54, 1.807) is 11.8 Å². The molecule has 1 heterocycles. The van der Waals surface area contributed by atoms with Crippen LogP contribution in [-0.4, -0.2) is 15.2 Å². The molecule has 3 nitrogen and oxygen atoms in total. The molecule has 0 amide bonds. The third kappa shape index (κ3) is 4.23. The number of rotatable bonds is 6. The van der Waals surface area contributed by atoms with E-state index in [1.807, 2.05) is 32.0 Å². The third-order valence-electron chi connectivity index (χ3n) is 3.69. The average molecular weight is 316 g/mol. The number of nitrogens with one attached hydrogen (secondary N) is 1. The first-order chi connectivity index (χ1) is 10.5. The molecule has 0 radical (unpaired) electrons. The molecule has 2 aromatic rings. The van der Waals surface area contributed by atoms with Crippen LogP contribution in [0.3, 0.4) is 0 Å². The van der Waals surface area contributed by atoms with Crippen molar-refractivity contribution in [2.75, 3.05) is 0 Å². The minimum atomic E-state index is 0.00161. The van der Waals surface area contributed by atoms with Crippen molar-refractivity contribution in [3.63, 3.8) is 0 Å². The lowest BCUT2D eigenvalue weighted by atomic mass is 9.99. The second-order valence-corrected chi connectivity index (χ2v) is 7.31. The summed E-state index contributed by atoms with van der Waals surface area (Å²) in [6.45, 7) is 8.38. The number of hydrogen-bond donors (Lipinski definition) is 1. The normalized spacial score (nSPS) is 12.6. The molecule has 1 aromatic heterocycles. The fourth-order valence-electron chi connectivity index (χ4n) is 2.36. The zero-order valence-corrected chi connectivity index (χ0v) is 14.5. The highest BCUT2D eigenvalue weighted by molar-refractivity contribution is 7.99. The van der Waals surface area contributed by atoms with Crippen molar-refractivity contribution in [2.24, 2.45) is 0 Å². The van der Waals surface area contributed by atoms with Crippen molar-refractivity contribution in [3.05, 3.63) is 57.5 Å². The molecule has 22 heavy (non-hydrogen) atoms. The predicted molar refractivity (Wildman–Crippen MR) is 93.8 cm³/mol. The zero-order chi connectivity index (χ0) is 16.1. The van der Waals surface area contributed by atoms with Crippen molar-refractivity contribution in [1.82, 2.24) is 9.97 Å². The van der Waals surface area contributed by atoms with E-state index in [2.05, 4.69) is 31.0 Å². The highest BCUT2D eigenvalue weighted by Gasteiger charge is 2.16. The van der Waals surface area contributed by atoms with Crippen LogP contribution in [0.4, 0.5) is 0 Å². The summed E-state index contributed by atoms with van der Waals surface area (Å²) < 4.78 is 0. The van der Waals surface area contributed by atoms with E-state index in [0.717, 1.165) is 22.8 Å². The Morgan fingerprint density at radius 3 is 2.45 bits per heavy atom. The number of aromatic nitrogens is 2. The quantitative estimate of drug-likeness (QED) is 0.635. The Kier molecular flexibility index (Phi) is 5.83. The predicted octanol–water partition coefficient (Wildman–Crippen LogP) is 4.37. The Labute approximate surface area is 136 Å². The van der Waals surface area contributed by atoms with Crippen LogP contribution in [0.15, 0.2) is 40.3 Å². The molecule has 1 unspecified atom stereocenters. The van der Waals surface area contributed by atoms with Gasteiger partial charge >= 0.3 is 0 Å². The van der Waals surface area contributed by atoms with Crippen LogP contribution in [0, 0.1) is 0 Å². The largest absolute Gasteiger partial charge is 0.301 e. The summed E-state index contributed by atoms with van der Waals surface area (Å²) in [4.78, 5) is 20.1. The Bertz CT molecular complexity index is 665. The topological polar surface area (TPSA) is 45.8 Å². The molecule has 0 aliphatic heterocycles. The summed E-state index contributed by atoms with van der Waals surface area (Å²) in [5.74, 6) is 0.164. The monoisotopic (exact) mass is 316 g/mol. The fourth-order valence-corrected chi connectivity index (χ4v) is 3.22. The number of H-pyrrole nitrogens is 1. The van der Waals surface area contributed by atoms with Crippen molar-refractivity contribution in [2.45, 2.75) is 56.9 Å². The van der Waals surface area contributed by atoms with Crippen LogP contribution in [0.2, 0.25) is 0 Å². The van der Waals surface area contributed by atoms with Crippen molar-refractivity contribution in [1.29, 1.82) is 0 Å². The zero-order valence-electron chi connectivity index (χ0n) is 13.7. The van der Waals surface area contributed by atoms with E-state index >= 15 is 0 Å². The maximum Gasteiger partial charge on any atom is 0.255 e. The highest BCUT2D eigenvalue weighted by atomic mass is 32.2. The molecule has 4 heteroatoms. The van der Waals surface area contributed by atoms with Gasteiger partial charge in [-0.2, -0.15) is 0 Å². The van der Waals surface area contributed by atoms with Crippen LogP contribution in [0.1, 0.15) is 56.9 Å². The van der Waals surface area contributed by atoms with Crippen LogP contribution in [0.25, 0.3) is 0 Å². The van der Waals surface area contributed by atoms with Gasteiger partial charge < -0.3 is 4.98 Å². The van der Waals surface area contributed by atoms with E-state index in [9.17, 15) is 4.79 Å². The number of thioether (sulfide) groups is 1. The van der Waals surface area contributed by atoms with E-state index in [4.69, 9.17) is 4.98 Å². The van der Waals surface area contributed by atoms with Gasteiger partial charge in [-0.15, -0.1) is 0 Å². The van der Waals surface area contributed by atoms with Gasteiger partial charge in [0, 0.05) is 17.2 Å². The average Bonchev–Trinajstić information content (AvgIpc) is 2.47. The molecule has 1 atom stereocenters. The maximum atomic E-state index is 12.5. The Hall–Kier alpha value is -1.55. The molecule has 1 N–H and O–H groups in total. The number of hydrogen-bond acceptors (Lipinski definition) is 3. The molecular formula is C18H24N2OS. The second-order valence-electron chi connectivity index (χ2n) is 5.89. The molecule has 1 aromatic carbocycles. The number of aromatic amines is 1. The first-order valence-electron chi connectivity index (χ1n) is 7.85. The SMILES string of the molecule is CCC(C)Sc1nc(Cc2ccccc2)c(C(C)C)c(=O)[nH]1. The van der Waals surface area contributed by atoms with Crippen LogP contribution in [-0.2, 0) is 6.42 Å². The first kappa shape index (κ1) is 16.8. The van der Waals surface area contributed by atoms with Gasteiger partial charge in [0.2, 0.25) is 0 Å². The molecule has 0 bridgehead atoms. The molecule has 0 aliphatic rings. The molecule has 118 valence electrons. The lowest BCUT2D eigenvalue weighted by Gasteiger charge is -2.14. The summed E-state index contributed by atoms with van der Waals surface area (Å²) in [7, 11) is 0. The third-order valence-corrected chi connectivity index (χ3v) is 4.84. The molecule has 0 saturated heterocycles. The smallest absolute Gasteiger partial charge is 0.255 e. The number of benzene rings is 1. The van der Waals surface area contributed by atoms with E-state index in [-0.39, 0.29) is 11.5 Å². The Morgan fingerprint density at radius 2 is 1.86 bits per heavy atom. The van der Waals surface area contributed by atoms with E-state index in [0.29, 0.717) is 11.7 Å². The van der Waals surface area contributed by atoms with Gasteiger partial charge in [-0.3, -0.25) is 4.79 Å². The number of nitrogens with zero attached hydrogens (tertiary/aromatic N) is 1. The van der Waals surface area contributed by atoms with E-state index < -0.39 is 0 Å². The molecule has 2 rings (SSSR count). The fraction of sp³-hybridized carbons (Fsp3) is 0.444. The molecule has 0 fully saturated rings. The highest BCUT2D eigenvalue weighted by Crippen LogP contribution is 2.24. The van der Waals surface area contributed by atoms with Gasteiger partial charge in [-0.1, -0.05) is 69.8 Å². The molecule has 0 aliphatic carbocycles. The van der Waals surface area contributed by atoms with Gasteiger partial charge in [-0.25, -0.2) is 4.98 Å². The summed E-state index contributed by atoms with van der Waals surface area (Å²) >= 11 is 1.64. The van der Waals surface area contributed by atoms with Gasteiger partial charge in [-0.05, 0) is 17.9 Å². The second kappa shape index (κ2) is 7.63. The Morgan fingerprint density at radius 1 is 1.18 bits per heavy atom. The lowest BCUT2D eigenvalue weighted by Crippen LogP contribution is -2.20. The van der Waals surface area contributed by atoms with Crippen molar-refractivity contribution < 1.29 is 0 Å². The molecule has 0 saturated carbocycles. The standard InChI is InChI=1S/C18H24N2OS/c1-5-13(4)22-18-19-15(11-14-9-7-6-8-10-14)16(12(2)3)17(21)20-18/h6-10,12-13H,5,11H2,1-4H3,(H,19,20,21). The minimum Gasteiger partial charge on any atom is -0.301 e. The summed E-state index contributed by atoms with van der Waals surface area (Å²) in [6.07, 6.45) is 1.75.